The zero-order valence-electron chi connectivity index (χ0n) is 9.97. The van der Waals surface area contributed by atoms with Crippen molar-refractivity contribution < 1.29 is 4.79 Å². The Bertz CT molecular complexity index is 348. The van der Waals surface area contributed by atoms with Crippen LogP contribution in [0.25, 0.3) is 0 Å². The summed E-state index contributed by atoms with van der Waals surface area (Å²) in [5, 5.41) is 0. The van der Waals surface area contributed by atoms with Crippen molar-refractivity contribution in [3.63, 3.8) is 0 Å². The van der Waals surface area contributed by atoms with E-state index in [1.54, 1.807) is 31.3 Å². The summed E-state index contributed by atoms with van der Waals surface area (Å²) in [6.07, 6.45) is 1.60. The smallest absolute Gasteiger partial charge is 0.241 e. The Balaban J connectivity index is 2.74. The molecule has 0 aromatic carbocycles. The minimum Gasteiger partial charge on any atom is -0.397 e. The Morgan fingerprint density at radius 1 is 1.44 bits per heavy atom. The Labute approximate surface area is 95.9 Å². The topological polar surface area (TPSA) is 62.5 Å². The van der Waals surface area contributed by atoms with Gasteiger partial charge >= 0.3 is 0 Å². The fourth-order valence-electron chi connectivity index (χ4n) is 1.24. The number of aromatic nitrogens is 1. The summed E-state index contributed by atoms with van der Waals surface area (Å²) < 4.78 is 0. The molecule has 1 aromatic heterocycles. The van der Waals surface area contributed by atoms with Crippen molar-refractivity contribution in [2.75, 3.05) is 37.8 Å². The first-order chi connectivity index (χ1) is 7.54. The van der Waals surface area contributed by atoms with E-state index in [2.05, 4.69) is 4.98 Å². The lowest BCUT2D eigenvalue weighted by Crippen LogP contribution is -2.36. The molecule has 0 aliphatic carbocycles. The molecular formula is C11H18N4O. The van der Waals surface area contributed by atoms with Crippen LogP contribution in [0, 0.1) is 0 Å². The number of pyridine rings is 1. The average molecular weight is 222 g/mol. The van der Waals surface area contributed by atoms with Gasteiger partial charge in [0.25, 0.3) is 0 Å². The second-order valence-electron chi connectivity index (χ2n) is 3.75. The maximum Gasteiger partial charge on any atom is 0.241 e. The minimum absolute atomic E-state index is 0.0560. The van der Waals surface area contributed by atoms with E-state index >= 15 is 0 Å². The van der Waals surface area contributed by atoms with Crippen LogP contribution in [0.5, 0.6) is 0 Å². The number of nitrogen functional groups attached to an aromatic ring is 1. The summed E-state index contributed by atoms with van der Waals surface area (Å²) in [6, 6.07) is 3.60. The molecule has 16 heavy (non-hydrogen) atoms. The average Bonchev–Trinajstić information content (AvgIpc) is 2.26. The molecule has 0 aliphatic rings. The Hall–Kier alpha value is -1.78. The van der Waals surface area contributed by atoms with Crippen LogP contribution in [0.15, 0.2) is 18.3 Å². The van der Waals surface area contributed by atoms with Crippen molar-refractivity contribution in [1.82, 2.24) is 9.88 Å². The van der Waals surface area contributed by atoms with Gasteiger partial charge in [-0.2, -0.15) is 0 Å². The van der Waals surface area contributed by atoms with Gasteiger partial charge in [0, 0.05) is 20.6 Å². The minimum atomic E-state index is 0.0560. The highest BCUT2D eigenvalue weighted by Crippen LogP contribution is 2.11. The first kappa shape index (κ1) is 12.3. The van der Waals surface area contributed by atoms with Crippen molar-refractivity contribution in [1.29, 1.82) is 0 Å². The number of likely N-dealkylation sites (N-methyl/N-ethyl adjacent to an activating group) is 2. The van der Waals surface area contributed by atoms with Gasteiger partial charge < -0.3 is 15.5 Å². The molecule has 0 radical (unpaired) electrons. The highest BCUT2D eigenvalue weighted by molar-refractivity contribution is 5.80. The Kier molecular flexibility index (Phi) is 4.10. The van der Waals surface area contributed by atoms with Gasteiger partial charge in [0.15, 0.2) is 0 Å². The summed E-state index contributed by atoms with van der Waals surface area (Å²) >= 11 is 0. The van der Waals surface area contributed by atoms with E-state index in [1.807, 2.05) is 17.9 Å². The Morgan fingerprint density at radius 3 is 2.56 bits per heavy atom. The van der Waals surface area contributed by atoms with Crippen LogP contribution in [-0.4, -0.2) is 43.0 Å². The predicted molar refractivity (Wildman–Crippen MR) is 65.2 cm³/mol. The lowest BCUT2D eigenvalue weighted by atomic mass is 10.3. The summed E-state index contributed by atoms with van der Waals surface area (Å²) in [5.74, 6) is 0.826. The van der Waals surface area contributed by atoms with Crippen LogP contribution in [-0.2, 0) is 4.79 Å². The molecule has 0 unspecified atom stereocenters. The zero-order chi connectivity index (χ0) is 12.1. The van der Waals surface area contributed by atoms with Gasteiger partial charge in [-0.25, -0.2) is 4.98 Å². The third-order valence-corrected chi connectivity index (χ3v) is 2.30. The third-order valence-electron chi connectivity index (χ3n) is 2.30. The van der Waals surface area contributed by atoms with Gasteiger partial charge in [-0.3, -0.25) is 4.79 Å². The molecular weight excluding hydrogens is 204 g/mol. The van der Waals surface area contributed by atoms with Crippen molar-refractivity contribution in [3.8, 4) is 0 Å². The van der Waals surface area contributed by atoms with E-state index < -0.39 is 0 Å². The van der Waals surface area contributed by atoms with Gasteiger partial charge in [0.2, 0.25) is 5.91 Å². The van der Waals surface area contributed by atoms with Crippen molar-refractivity contribution in [2.45, 2.75) is 6.92 Å². The summed E-state index contributed by atoms with van der Waals surface area (Å²) in [7, 11) is 3.49. The van der Waals surface area contributed by atoms with E-state index in [9.17, 15) is 4.79 Å². The normalized spacial score (nSPS) is 9.94. The van der Waals surface area contributed by atoms with E-state index in [-0.39, 0.29) is 5.91 Å². The van der Waals surface area contributed by atoms with Crippen LogP contribution in [0.4, 0.5) is 11.5 Å². The Morgan fingerprint density at radius 2 is 2.12 bits per heavy atom. The quantitative estimate of drug-likeness (QED) is 0.809. The number of hydrogen-bond acceptors (Lipinski definition) is 4. The molecule has 0 spiro atoms. The zero-order valence-corrected chi connectivity index (χ0v) is 9.97. The van der Waals surface area contributed by atoms with Crippen LogP contribution < -0.4 is 10.6 Å². The van der Waals surface area contributed by atoms with Gasteiger partial charge in [-0.15, -0.1) is 0 Å². The van der Waals surface area contributed by atoms with Crippen LogP contribution in [0.2, 0.25) is 0 Å². The number of nitrogens with zero attached hydrogens (tertiary/aromatic N) is 3. The van der Waals surface area contributed by atoms with Gasteiger partial charge in [-0.05, 0) is 19.1 Å². The predicted octanol–water partition coefficient (Wildman–Crippen LogP) is 0.578. The molecule has 1 aromatic rings. The second kappa shape index (κ2) is 5.34. The van der Waals surface area contributed by atoms with Gasteiger partial charge in [0.1, 0.15) is 5.82 Å². The SMILES string of the molecule is CCN(CC(=O)N(C)C)c1ccc(N)cn1. The molecule has 1 rings (SSSR count). The molecule has 0 saturated carbocycles. The number of anilines is 2. The molecule has 2 N–H and O–H groups in total. The fraction of sp³-hybridized carbons (Fsp3) is 0.455. The van der Waals surface area contributed by atoms with E-state index in [1.165, 1.54) is 0 Å². The molecule has 0 saturated heterocycles. The van der Waals surface area contributed by atoms with E-state index in [0.717, 1.165) is 12.4 Å². The van der Waals surface area contributed by atoms with Gasteiger partial charge in [0.05, 0.1) is 18.4 Å². The van der Waals surface area contributed by atoms with Crippen LogP contribution in [0.1, 0.15) is 6.92 Å². The molecule has 0 atom stereocenters. The lowest BCUT2D eigenvalue weighted by molar-refractivity contribution is -0.127. The molecule has 5 nitrogen and oxygen atoms in total. The third kappa shape index (κ3) is 3.12. The standard InChI is InChI=1S/C11H18N4O/c1-4-15(8-11(16)14(2)3)10-6-5-9(12)7-13-10/h5-7H,4,8,12H2,1-3H3. The van der Waals surface area contributed by atoms with E-state index in [0.29, 0.717) is 12.2 Å². The number of rotatable bonds is 4. The lowest BCUT2D eigenvalue weighted by Gasteiger charge is -2.23. The number of carbonyl (C=O) groups is 1. The highest BCUT2D eigenvalue weighted by Gasteiger charge is 2.11. The molecule has 0 aliphatic heterocycles. The maximum atomic E-state index is 11.6. The molecule has 5 heteroatoms. The van der Waals surface area contributed by atoms with Crippen molar-refractivity contribution >= 4 is 17.4 Å². The van der Waals surface area contributed by atoms with Crippen LogP contribution >= 0.6 is 0 Å². The van der Waals surface area contributed by atoms with Crippen molar-refractivity contribution in [3.05, 3.63) is 18.3 Å². The van der Waals surface area contributed by atoms with E-state index in [4.69, 9.17) is 5.73 Å². The summed E-state index contributed by atoms with van der Waals surface area (Å²) in [5.41, 5.74) is 6.19. The van der Waals surface area contributed by atoms with Crippen LogP contribution in [0.3, 0.4) is 0 Å². The fourth-order valence-corrected chi connectivity index (χ4v) is 1.24. The number of nitrogens with two attached hydrogens (primary N) is 1. The maximum absolute atomic E-state index is 11.6. The molecule has 1 amide bonds. The number of amides is 1. The molecule has 0 bridgehead atoms. The number of hydrogen-bond donors (Lipinski definition) is 1. The van der Waals surface area contributed by atoms with Gasteiger partial charge in [-0.1, -0.05) is 0 Å². The largest absolute Gasteiger partial charge is 0.397 e. The summed E-state index contributed by atoms with van der Waals surface area (Å²) in [6.45, 7) is 3.05. The second-order valence-corrected chi connectivity index (χ2v) is 3.75. The summed E-state index contributed by atoms with van der Waals surface area (Å²) in [4.78, 5) is 19.3. The highest BCUT2D eigenvalue weighted by atomic mass is 16.2. The molecule has 1 heterocycles. The van der Waals surface area contributed by atoms with Crippen molar-refractivity contribution in [2.24, 2.45) is 0 Å². The first-order valence-corrected chi connectivity index (χ1v) is 5.21. The number of carbonyl (C=O) groups excluding carboxylic acids is 1. The molecule has 88 valence electrons. The monoisotopic (exact) mass is 222 g/mol. The molecule has 0 fully saturated rings. The first-order valence-electron chi connectivity index (χ1n) is 5.21.